The Morgan fingerprint density at radius 1 is 1.00 bits per heavy atom. The minimum absolute atomic E-state index is 0.0231. The summed E-state index contributed by atoms with van der Waals surface area (Å²) in [6.07, 6.45) is 0.893. The number of carbonyl (C=O) groups excluding carboxylic acids is 1. The first kappa shape index (κ1) is 32.8. The Kier molecular flexibility index (Phi) is 11.6. The van der Waals surface area contributed by atoms with Gasteiger partial charge in [0.2, 0.25) is 5.91 Å². The maximum atomic E-state index is 12.6. The highest BCUT2D eigenvalue weighted by molar-refractivity contribution is 6.74. The SMILES string of the molecule is C[C@H](Cc1cccc(CC(=O)NCc2ccc(Cl)cc2)c1)NC[C@H](O[Si](C)(C)C(C)(C)C)c1ccc(O)c(CO)c1. The van der Waals surface area contributed by atoms with Gasteiger partial charge in [0.15, 0.2) is 8.32 Å². The van der Waals surface area contributed by atoms with Crippen molar-refractivity contribution in [1.82, 2.24) is 10.6 Å². The van der Waals surface area contributed by atoms with E-state index in [4.69, 9.17) is 16.0 Å². The molecule has 0 spiro atoms. The van der Waals surface area contributed by atoms with Crippen molar-refractivity contribution < 1.29 is 19.4 Å². The number of aliphatic hydroxyl groups excluding tert-OH is 1. The van der Waals surface area contributed by atoms with E-state index in [1.54, 1.807) is 6.07 Å². The number of rotatable bonds is 13. The molecule has 2 atom stereocenters. The second kappa shape index (κ2) is 14.5. The van der Waals surface area contributed by atoms with Gasteiger partial charge in [0.25, 0.3) is 0 Å². The van der Waals surface area contributed by atoms with Crippen molar-refractivity contribution in [3.05, 3.63) is 99.6 Å². The van der Waals surface area contributed by atoms with E-state index >= 15 is 0 Å². The summed E-state index contributed by atoms with van der Waals surface area (Å²) in [5.41, 5.74) is 4.56. The summed E-state index contributed by atoms with van der Waals surface area (Å²) in [7, 11) is -2.10. The summed E-state index contributed by atoms with van der Waals surface area (Å²) in [4.78, 5) is 12.6. The lowest BCUT2D eigenvalue weighted by Crippen LogP contribution is -2.44. The van der Waals surface area contributed by atoms with Gasteiger partial charge in [0.1, 0.15) is 5.75 Å². The van der Waals surface area contributed by atoms with E-state index in [0.717, 1.165) is 28.7 Å². The topological polar surface area (TPSA) is 90.8 Å². The Morgan fingerprint density at radius 3 is 2.34 bits per heavy atom. The third kappa shape index (κ3) is 9.97. The Bertz CT molecular complexity index is 1290. The molecular formula is C33H45ClN2O4Si. The lowest BCUT2D eigenvalue weighted by Gasteiger charge is -2.40. The van der Waals surface area contributed by atoms with Crippen LogP contribution in [0, 0.1) is 0 Å². The first-order chi connectivity index (χ1) is 19.3. The molecule has 0 aliphatic heterocycles. The first-order valence-electron chi connectivity index (χ1n) is 14.2. The Labute approximate surface area is 251 Å². The van der Waals surface area contributed by atoms with E-state index in [9.17, 15) is 15.0 Å². The minimum Gasteiger partial charge on any atom is -0.508 e. The molecule has 3 aromatic carbocycles. The smallest absolute Gasteiger partial charge is 0.224 e. The van der Waals surface area contributed by atoms with Crippen LogP contribution in [0.3, 0.4) is 0 Å². The molecule has 0 fully saturated rings. The van der Waals surface area contributed by atoms with Crippen LogP contribution in [0.1, 0.15) is 61.6 Å². The molecule has 4 N–H and O–H groups in total. The molecule has 0 saturated carbocycles. The van der Waals surface area contributed by atoms with Crippen LogP contribution in [0.25, 0.3) is 0 Å². The number of benzene rings is 3. The normalized spacial score (nSPS) is 13.6. The van der Waals surface area contributed by atoms with Crippen molar-refractivity contribution in [2.24, 2.45) is 0 Å². The second-order valence-electron chi connectivity index (χ2n) is 12.3. The highest BCUT2D eigenvalue weighted by Crippen LogP contribution is 2.40. The predicted octanol–water partition coefficient (Wildman–Crippen LogP) is 6.68. The van der Waals surface area contributed by atoms with Crippen LogP contribution in [-0.4, -0.2) is 37.0 Å². The lowest BCUT2D eigenvalue weighted by atomic mass is 10.0. The Morgan fingerprint density at radius 2 is 1.68 bits per heavy atom. The quantitative estimate of drug-likeness (QED) is 0.165. The van der Waals surface area contributed by atoms with Crippen LogP contribution >= 0.6 is 11.6 Å². The van der Waals surface area contributed by atoms with E-state index in [2.05, 4.69) is 63.6 Å². The Balaban J connectivity index is 1.62. The summed E-state index contributed by atoms with van der Waals surface area (Å²) in [6.45, 7) is 14.1. The maximum Gasteiger partial charge on any atom is 0.224 e. The van der Waals surface area contributed by atoms with E-state index in [0.29, 0.717) is 30.1 Å². The number of aliphatic hydroxyl groups is 1. The maximum absolute atomic E-state index is 12.6. The van der Waals surface area contributed by atoms with Gasteiger partial charge in [0, 0.05) is 29.7 Å². The summed E-state index contributed by atoms with van der Waals surface area (Å²) in [5, 5.41) is 27.1. The molecule has 0 unspecified atom stereocenters. The van der Waals surface area contributed by atoms with Crippen molar-refractivity contribution in [3.8, 4) is 5.75 Å². The number of aromatic hydroxyl groups is 1. The monoisotopic (exact) mass is 596 g/mol. The number of phenols is 1. The molecule has 3 aromatic rings. The minimum atomic E-state index is -2.10. The fraction of sp³-hybridized carbons (Fsp3) is 0.424. The largest absolute Gasteiger partial charge is 0.508 e. The van der Waals surface area contributed by atoms with Gasteiger partial charge in [0.05, 0.1) is 19.1 Å². The van der Waals surface area contributed by atoms with Gasteiger partial charge in [-0.15, -0.1) is 0 Å². The van der Waals surface area contributed by atoms with E-state index < -0.39 is 8.32 Å². The van der Waals surface area contributed by atoms with Gasteiger partial charge in [-0.1, -0.05) is 74.8 Å². The van der Waals surface area contributed by atoms with E-state index in [1.807, 2.05) is 48.5 Å². The average molecular weight is 597 g/mol. The van der Waals surface area contributed by atoms with Crippen LogP contribution in [0.5, 0.6) is 5.75 Å². The molecule has 6 nitrogen and oxygen atoms in total. The van der Waals surface area contributed by atoms with Crippen LogP contribution < -0.4 is 10.6 Å². The number of hydrogen-bond acceptors (Lipinski definition) is 5. The van der Waals surface area contributed by atoms with Gasteiger partial charge in [-0.05, 0) is 78.0 Å². The lowest BCUT2D eigenvalue weighted by molar-refractivity contribution is -0.120. The number of hydrogen-bond donors (Lipinski definition) is 4. The number of amides is 1. The van der Waals surface area contributed by atoms with Crippen molar-refractivity contribution in [2.45, 2.75) is 84.0 Å². The summed E-state index contributed by atoms with van der Waals surface area (Å²) in [6, 6.07) is 21.1. The zero-order chi connectivity index (χ0) is 30.2. The van der Waals surface area contributed by atoms with E-state index in [1.165, 1.54) is 0 Å². The Hall–Kier alpha value is -2.68. The van der Waals surface area contributed by atoms with Gasteiger partial charge in [-0.2, -0.15) is 0 Å². The molecule has 0 radical (unpaired) electrons. The average Bonchev–Trinajstić information content (AvgIpc) is 2.90. The standard InChI is InChI=1S/C33H45ClN2O4Si/c1-23(16-25-8-7-9-26(17-25)18-32(39)36-20-24-10-13-29(34)14-11-24)35-21-31(40-41(5,6)33(2,3)4)27-12-15-30(38)28(19-27)22-37/h7-15,17,19,23,31,35,37-38H,16,18,20-22H2,1-6H3,(H,36,39)/t23-,31+/m1/s1. The summed E-state index contributed by atoms with van der Waals surface area (Å²) in [5.74, 6) is 0.0623. The van der Waals surface area contributed by atoms with Crippen molar-refractivity contribution >= 4 is 25.8 Å². The van der Waals surface area contributed by atoms with Gasteiger partial charge in [-0.25, -0.2) is 0 Å². The fourth-order valence-electron chi connectivity index (χ4n) is 4.34. The van der Waals surface area contributed by atoms with Gasteiger partial charge < -0.3 is 25.3 Å². The van der Waals surface area contributed by atoms with Crippen molar-refractivity contribution in [1.29, 1.82) is 0 Å². The zero-order valence-electron chi connectivity index (χ0n) is 25.1. The number of halogens is 1. The molecule has 222 valence electrons. The third-order valence-corrected chi connectivity index (χ3v) is 12.6. The second-order valence-corrected chi connectivity index (χ2v) is 17.5. The zero-order valence-corrected chi connectivity index (χ0v) is 26.9. The fourth-order valence-corrected chi connectivity index (χ4v) is 5.75. The molecule has 0 heterocycles. The molecular weight excluding hydrogens is 552 g/mol. The van der Waals surface area contributed by atoms with Crippen LogP contribution in [0.15, 0.2) is 66.7 Å². The van der Waals surface area contributed by atoms with Crippen LogP contribution in [-0.2, 0) is 35.2 Å². The number of nitrogens with one attached hydrogen (secondary N) is 2. The molecule has 3 rings (SSSR count). The molecule has 41 heavy (non-hydrogen) atoms. The molecule has 0 saturated heterocycles. The van der Waals surface area contributed by atoms with Crippen LogP contribution in [0.2, 0.25) is 23.2 Å². The van der Waals surface area contributed by atoms with Crippen molar-refractivity contribution in [3.63, 3.8) is 0 Å². The molecule has 0 aromatic heterocycles. The van der Waals surface area contributed by atoms with Gasteiger partial charge >= 0.3 is 0 Å². The van der Waals surface area contributed by atoms with Crippen molar-refractivity contribution in [2.75, 3.05) is 6.54 Å². The van der Waals surface area contributed by atoms with E-state index in [-0.39, 0.29) is 35.4 Å². The predicted molar refractivity (Wildman–Crippen MR) is 170 cm³/mol. The molecule has 8 heteroatoms. The molecule has 0 aliphatic carbocycles. The molecule has 1 amide bonds. The highest BCUT2D eigenvalue weighted by atomic mass is 35.5. The highest BCUT2D eigenvalue weighted by Gasteiger charge is 2.39. The summed E-state index contributed by atoms with van der Waals surface area (Å²) < 4.78 is 6.81. The third-order valence-electron chi connectivity index (χ3n) is 7.84. The van der Waals surface area contributed by atoms with Crippen LogP contribution in [0.4, 0.5) is 0 Å². The first-order valence-corrected chi connectivity index (χ1v) is 17.5. The molecule has 0 bridgehead atoms. The van der Waals surface area contributed by atoms with Gasteiger partial charge in [-0.3, -0.25) is 4.79 Å². The molecule has 0 aliphatic rings. The number of carbonyl (C=O) groups is 1. The summed E-state index contributed by atoms with van der Waals surface area (Å²) >= 11 is 5.94.